The summed E-state index contributed by atoms with van der Waals surface area (Å²) in [7, 11) is 0. The average molecular weight is 525 g/mol. The molecule has 1 aliphatic rings. The molecular formula is C23H29FIN3O2. The summed E-state index contributed by atoms with van der Waals surface area (Å²) in [6.45, 7) is 9.46. The molecule has 1 aliphatic heterocycles. The zero-order chi connectivity index (χ0) is 21.9. The molecule has 3 rings (SSSR count). The molecule has 0 radical (unpaired) electrons. The van der Waals surface area contributed by atoms with Crippen molar-refractivity contribution < 1.29 is 13.9 Å². The van der Waals surface area contributed by atoms with Gasteiger partial charge >= 0.3 is 0 Å². The molecule has 30 heavy (non-hydrogen) atoms. The number of Topliss-reactive ketones (excluding diaryl/α,β-unsaturated/α-hetero) is 1. The van der Waals surface area contributed by atoms with Crippen molar-refractivity contribution in [3.05, 3.63) is 53.7 Å². The van der Waals surface area contributed by atoms with E-state index in [0.29, 0.717) is 18.0 Å². The normalized spacial score (nSPS) is 22.7. The van der Waals surface area contributed by atoms with Gasteiger partial charge in [-0.15, -0.1) is 0 Å². The Kier molecular flexibility index (Phi) is 7.12. The SMILES string of the molecule is CC(C)(C)Oc1nccnc1CN1CCC(C(=O)Cc2ccccc2F)CC1(C)I. The number of carbonyl (C=O) groups excluding carboxylic acids is 1. The van der Waals surface area contributed by atoms with Crippen molar-refractivity contribution in [2.24, 2.45) is 5.92 Å². The molecule has 0 N–H and O–H groups in total. The molecule has 2 heterocycles. The molecule has 1 aromatic heterocycles. The van der Waals surface area contributed by atoms with E-state index in [9.17, 15) is 9.18 Å². The largest absolute Gasteiger partial charge is 0.471 e. The van der Waals surface area contributed by atoms with Crippen LogP contribution < -0.4 is 4.74 Å². The van der Waals surface area contributed by atoms with Gasteiger partial charge in [0.2, 0.25) is 5.88 Å². The predicted octanol–water partition coefficient (Wildman–Crippen LogP) is 4.97. The van der Waals surface area contributed by atoms with E-state index in [2.05, 4.69) is 44.4 Å². The van der Waals surface area contributed by atoms with Gasteiger partial charge in [-0.3, -0.25) is 14.7 Å². The first kappa shape index (κ1) is 23.1. The number of hydrogen-bond donors (Lipinski definition) is 0. The maximum Gasteiger partial charge on any atom is 0.237 e. The lowest BCUT2D eigenvalue weighted by Gasteiger charge is -2.43. The van der Waals surface area contributed by atoms with Crippen molar-refractivity contribution in [2.45, 2.75) is 62.6 Å². The monoisotopic (exact) mass is 525 g/mol. The number of nitrogens with zero attached hydrogens (tertiary/aromatic N) is 3. The Morgan fingerprint density at radius 2 is 2.00 bits per heavy atom. The topological polar surface area (TPSA) is 55.3 Å². The first-order valence-corrected chi connectivity index (χ1v) is 11.3. The summed E-state index contributed by atoms with van der Waals surface area (Å²) in [6, 6.07) is 6.52. The fourth-order valence-corrected chi connectivity index (χ4v) is 4.68. The predicted molar refractivity (Wildman–Crippen MR) is 123 cm³/mol. The zero-order valence-corrected chi connectivity index (χ0v) is 20.1. The third kappa shape index (κ3) is 5.97. The van der Waals surface area contributed by atoms with Gasteiger partial charge in [-0.25, -0.2) is 9.37 Å². The Bertz CT molecular complexity index is 898. The van der Waals surface area contributed by atoms with Crippen LogP contribution in [0.3, 0.4) is 0 Å². The standard InChI is InChI=1S/C23H29FIN3O2/c1-22(2,3)30-21-19(26-10-11-27-21)15-28-12-9-17(14-23(28,4)25)20(29)13-16-7-5-6-8-18(16)24/h5-8,10-11,17H,9,12-15H2,1-4H3. The minimum Gasteiger partial charge on any atom is -0.471 e. The van der Waals surface area contributed by atoms with E-state index in [1.165, 1.54) is 6.07 Å². The Balaban J connectivity index is 1.67. The molecule has 162 valence electrons. The molecular weight excluding hydrogens is 496 g/mol. The molecule has 2 aromatic rings. The summed E-state index contributed by atoms with van der Waals surface area (Å²) in [5.74, 6) is 0.276. The van der Waals surface area contributed by atoms with Gasteiger partial charge in [-0.2, -0.15) is 0 Å². The molecule has 7 heteroatoms. The fraction of sp³-hybridized carbons (Fsp3) is 0.522. The van der Waals surface area contributed by atoms with Crippen LogP contribution in [0.5, 0.6) is 5.88 Å². The number of benzene rings is 1. The molecule has 1 fully saturated rings. The van der Waals surface area contributed by atoms with Crippen LogP contribution in [0.15, 0.2) is 36.7 Å². The lowest BCUT2D eigenvalue weighted by molar-refractivity contribution is -0.124. The minimum absolute atomic E-state index is 0.0742. The molecule has 0 amide bonds. The van der Waals surface area contributed by atoms with Crippen LogP contribution in [-0.4, -0.2) is 36.3 Å². The highest BCUT2D eigenvalue weighted by Crippen LogP contribution is 2.39. The van der Waals surface area contributed by atoms with Gasteiger partial charge in [0.15, 0.2) is 0 Å². The van der Waals surface area contributed by atoms with E-state index in [-0.39, 0.29) is 33.1 Å². The van der Waals surface area contributed by atoms with E-state index in [1.54, 1.807) is 30.6 Å². The number of likely N-dealkylation sites (tertiary alicyclic amines) is 1. The fourth-order valence-electron chi connectivity index (χ4n) is 3.74. The summed E-state index contributed by atoms with van der Waals surface area (Å²) < 4.78 is 19.7. The quantitative estimate of drug-likeness (QED) is 0.303. The number of halogens is 2. The van der Waals surface area contributed by atoms with E-state index in [0.717, 1.165) is 25.1 Å². The average Bonchev–Trinajstić information content (AvgIpc) is 2.65. The highest BCUT2D eigenvalue weighted by molar-refractivity contribution is 14.1. The van der Waals surface area contributed by atoms with Crippen molar-refractivity contribution in [3.8, 4) is 5.88 Å². The van der Waals surface area contributed by atoms with Crippen molar-refractivity contribution in [2.75, 3.05) is 6.54 Å². The molecule has 1 saturated heterocycles. The second-order valence-electron chi connectivity index (χ2n) is 9.01. The summed E-state index contributed by atoms with van der Waals surface area (Å²) in [6.07, 6.45) is 4.94. The van der Waals surface area contributed by atoms with Crippen molar-refractivity contribution in [3.63, 3.8) is 0 Å². The molecule has 2 unspecified atom stereocenters. The third-order valence-corrected chi connectivity index (χ3v) is 6.41. The van der Waals surface area contributed by atoms with Gasteiger partial charge in [0, 0.05) is 37.8 Å². The van der Waals surface area contributed by atoms with Crippen molar-refractivity contribution in [1.82, 2.24) is 14.9 Å². The van der Waals surface area contributed by atoms with Gasteiger partial charge in [-0.1, -0.05) is 40.8 Å². The number of carbonyl (C=O) groups is 1. The maximum atomic E-state index is 13.9. The number of aromatic nitrogens is 2. The summed E-state index contributed by atoms with van der Waals surface area (Å²) in [5.41, 5.74) is 0.917. The second-order valence-corrected chi connectivity index (χ2v) is 11.3. The molecule has 5 nitrogen and oxygen atoms in total. The Morgan fingerprint density at radius 1 is 1.30 bits per heavy atom. The minimum atomic E-state index is -0.357. The lowest BCUT2D eigenvalue weighted by Crippen LogP contribution is -2.49. The Morgan fingerprint density at radius 3 is 2.67 bits per heavy atom. The number of hydrogen-bond acceptors (Lipinski definition) is 5. The number of piperidine rings is 1. The number of ether oxygens (including phenoxy) is 1. The molecule has 0 aliphatic carbocycles. The Hall–Kier alpha value is -1.61. The van der Waals surface area contributed by atoms with E-state index in [1.807, 2.05) is 20.8 Å². The third-order valence-electron chi connectivity index (χ3n) is 5.28. The highest BCUT2D eigenvalue weighted by Gasteiger charge is 2.39. The first-order chi connectivity index (χ1) is 14.0. The van der Waals surface area contributed by atoms with Crippen LogP contribution in [0.2, 0.25) is 0 Å². The summed E-state index contributed by atoms with van der Waals surface area (Å²) >= 11 is 2.42. The van der Waals surface area contributed by atoms with Gasteiger partial charge in [0.05, 0.1) is 3.55 Å². The highest BCUT2D eigenvalue weighted by atomic mass is 127. The first-order valence-electron chi connectivity index (χ1n) is 10.2. The van der Waals surface area contributed by atoms with Crippen LogP contribution in [-0.2, 0) is 17.8 Å². The Labute approximate surface area is 191 Å². The van der Waals surface area contributed by atoms with E-state index < -0.39 is 0 Å². The van der Waals surface area contributed by atoms with Crippen LogP contribution in [0.1, 0.15) is 51.8 Å². The maximum absolute atomic E-state index is 13.9. The van der Waals surface area contributed by atoms with Gasteiger partial charge in [0.1, 0.15) is 22.9 Å². The van der Waals surface area contributed by atoms with Crippen molar-refractivity contribution in [1.29, 1.82) is 0 Å². The molecule has 0 saturated carbocycles. The summed E-state index contributed by atoms with van der Waals surface area (Å²) in [5, 5.41) is 0. The smallest absolute Gasteiger partial charge is 0.237 e. The molecule has 1 aromatic carbocycles. The van der Waals surface area contributed by atoms with Crippen molar-refractivity contribution >= 4 is 28.4 Å². The van der Waals surface area contributed by atoms with E-state index in [4.69, 9.17) is 4.74 Å². The molecule has 2 atom stereocenters. The van der Waals surface area contributed by atoms with E-state index >= 15 is 0 Å². The van der Waals surface area contributed by atoms with Crippen LogP contribution in [0.25, 0.3) is 0 Å². The second kappa shape index (κ2) is 9.26. The number of ketones is 1. The lowest BCUT2D eigenvalue weighted by atomic mass is 9.85. The number of rotatable bonds is 6. The van der Waals surface area contributed by atoms with Crippen LogP contribution >= 0.6 is 22.6 Å². The zero-order valence-electron chi connectivity index (χ0n) is 18.0. The van der Waals surface area contributed by atoms with Crippen LogP contribution in [0, 0.1) is 11.7 Å². The van der Waals surface area contributed by atoms with Gasteiger partial charge < -0.3 is 4.74 Å². The molecule has 0 spiro atoms. The molecule has 0 bridgehead atoms. The van der Waals surface area contributed by atoms with Gasteiger partial charge in [0.25, 0.3) is 0 Å². The van der Waals surface area contributed by atoms with Crippen LogP contribution in [0.4, 0.5) is 4.39 Å². The summed E-state index contributed by atoms with van der Waals surface area (Å²) in [4.78, 5) is 24.0. The number of alkyl halides is 1. The van der Waals surface area contributed by atoms with Gasteiger partial charge in [-0.05, 0) is 52.2 Å².